The summed E-state index contributed by atoms with van der Waals surface area (Å²) in [6, 6.07) is 18.9. The van der Waals surface area contributed by atoms with Gasteiger partial charge in [-0.05, 0) is 41.7 Å². The zero-order valence-electron chi connectivity index (χ0n) is 17.2. The molecule has 0 atom stereocenters. The van der Waals surface area contributed by atoms with Crippen molar-refractivity contribution in [2.75, 3.05) is 33.2 Å². The van der Waals surface area contributed by atoms with Gasteiger partial charge in [-0.2, -0.15) is 0 Å². The van der Waals surface area contributed by atoms with Crippen molar-refractivity contribution >= 4 is 5.69 Å². The van der Waals surface area contributed by atoms with Crippen LogP contribution in [0.2, 0.25) is 0 Å². The van der Waals surface area contributed by atoms with Gasteiger partial charge in [0.1, 0.15) is 0 Å². The number of hydrogen-bond acceptors (Lipinski definition) is 4. The molecule has 0 saturated heterocycles. The third kappa shape index (κ3) is 3.51. The second-order valence-corrected chi connectivity index (χ2v) is 7.16. The van der Waals surface area contributed by atoms with Crippen molar-refractivity contribution in [3.63, 3.8) is 0 Å². The Balaban J connectivity index is 1.70. The number of methoxy groups -OCH3 is 3. The first-order chi connectivity index (χ1) is 14.3. The van der Waals surface area contributed by atoms with E-state index in [-0.39, 0.29) is 0 Å². The summed E-state index contributed by atoms with van der Waals surface area (Å²) in [4.78, 5) is 0. The molecular formula is C25H27NO3. The van der Waals surface area contributed by atoms with E-state index in [9.17, 15) is 0 Å². The predicted octanol–water partition coefficient (Wildman–Crippen LogP) is 5.33. The normalized spacial score (nSPS) is 11.6. The molecule has 0 unspecified atom stereocenters. The van der Waals surface area contributed by atoms with Gasteiger partial charge in [-0.3, -0.25) is 0 Å². The number of fused-ring (bicyclic) bond motifs is 3. The lowest BCUT2D eigenvalue weighted by Crippen LogP contribution is -2.07. The molecule has 0 bridgehead atoms. The fourth-order valence-corrected chi connectivity index (χ4v) is 4.30. The van der Waals surface area contributed by atoms with Gasteiger partial charge in [-0.15, -0.1) is 0 Å². The van der Waals surface area contributed by atoms with Gasteiger partial charge in [0.05, 0.1) is 21.3 Å². The lowest BCUT2D eigenvalue weighted by Gasteiger charge is -2.21. The maximum atomic E-state index is 5.84. The van der Waals surface area contributed by atoms with Crippen molar-refractivity contribution in [1.29, 1.82) is 0 Å². The number of nitrogens with one attached hydrogen (secondary N) is 1. The average molecular weight is 389 g/mol. The summed E-state index contributed by atoms with van der Waals surface area (Å²) in [5, 5.41) is 3.49. The van der Waals surface area contributed by atoms with Crippen LogP contribution in [-0.2, 0) is 12.8 Å². The van der Waals surface area contributed by atoms with Crippen LogP contribution in [0.25, 0.3) is 11.1 Å². The van der Waals surface area contributed by atoms with Crippen LogP contribution in [0.4, 0.5) is 5.69 Å². The lowest BCUT2D eigenvalue weighted by atomic mass is 9.94. The Labute approximate surface area is 172 Å². The summed E-state index contributed by atoms with van der Waals surface area (Å²) in [6.07, 6.45) is 2.72. The monoisotopic (exact) mass is 389 g/mol. The maximum Gasteiger partial charge on any atom is 0.203 e. The number of benzene rings is 3. The minimum absolute atomic E-state index is 0.688. The van der Waals surface area contributed by atoms with E-state index in [1.807, 2.05) is 18.2 Å². The molecule has 150 valence electrons. The first-order valence-electron chi connectivity index (χ1n) is 9.99. The lowest BCUT2D eigenvalue weighted by molar-refractivity contribution is 0.321. The number of anilines is 1. The molecule has 0 aliphatic heterocycles. The Morgan fingerprint density at radius 1 is 0.793 bits per heavy atom. The van der Waals surface area contributed by atoms with Crippen molar-refractivity contribution in [2.24, 2.45) is 0 Å². The summed E-state index contributed by atoms with van der Waals surface area (Å²) in [6.45, 7) is 0.887. The Hall–Kier alpha value is -3.14. The van der Waals surface area contributed by atoms with Crippen molar-refractivity contribution in [1.82, 2.24) is 0 Å². The van der Waals surface area contributed by atoms with Gasteiger partial charge in [0.2, 0.25) is 5.75 Å². The third-order valence-corrected chi connectivity index (χ3v) is 5.54. The second kappa shape index (κ2) is 8.48. The molecule has 1 aliphatic rings. The molecule has 3 aromatic rings. The molecule has 1 N–H and O–H groups in total. The van der Waals surface area contributed by atoms with Crippen LogP contribution >= 0.6 is 0 Å². The molecule has 0 spiro atoms. The first kappa shape index (κ1) is 19.2. The molecule has 4 heteroatoms. The first-order valence-corrected chi connectivity index (χ1v) is 9.99. The molecule has 0 amide bonds. The molecule has 0 aromatic heterocycles. The Kier molecular flexibility index (Phi) is 5.61. The molecule has 1 aliphatic carbocycles. The number of ether oxygens (including phenoxy) is 3. The van der Waals surface area contributed by atoms with E-state index in [4.69, 9.17) is 14.2 Å². The second-order valence-electron chi connectivity index (χ2n) is 7.16. The van der Waals surface area contributed by atoms with Gasteiger partial charge in [0.25, 0.3) is 0 Å². The van der Waals surface area contributed by atoms with Crippen LogP contribution in [0.3, 0.4) is 0 Å². The van der Waals surface area contributed by atoms with Gasteiger partial charge >= 0.3 is 0 Å². The smallest absolute Gasteiger partial charge is 0.203 e. The minimum Gasteiger partial charge on any atom is -0.492 e. The Bertz CT molecular complexity index is 999. The van der Waals surface area contributed by atoms with E-state index in [0.717, 1.165) is 43.0 Å². The van der Waals surface area contributed by atoms with Gasteiger partial charge in [-0.25, -0.2) is 0 Å². The highest BCUT2D eigenvalue weighted by Gasteiger charge is 2.31. The Morgan fingerprint density at radius 2 is 1.48 bits per heavy atom. The Morgan fingerprint density at radius 3 is 2.21 bits per heavy atom. The van der Waals surface area contributed by atoms with Crippen LogP contribution < -0.4 is 19.5 Å². The minimum atomic E-state index is 0.688. The van der Waals surface area contributed by atoms with Gasteiger partial charge in [-0.1, -0.05) is 42.5 Å². The quantitative estimate of drug-likeness (QED) is 0.414. The number of para-hydroxylation sites is 1. The predicted molar refractivity (Wildman–Crippen MR) is 118 cm³/mol. The maximum absolute atomic E-state index is 5.84. The molecule has 0 radical (unpaired) electrons. The van der Waals surface area contributed by atoms with Crippen molar-refractivity contribution in [3.05, 3.63) is 71.3 Å². The largest absolute Gasteiger partial charge is 0.492 e. The number of hydrogen-bond donors (Lipinski definition) is 1. The van der Waals surface area contributed by atoms with Crippen molar-refractivity contribution < 1.29 is 14.2 Å². The van der Waals surface area contributed by atoms with E-state index in [0.29, 0.717) is 5.75 Å². The third-order valence-electron chi connectivity index (χ3n) is 5.54. The zero-order chi connectivity index (χ0) is 20.2. The van der Waals surface area contributed by atoms with E-state index in [2.05, 4.69) is 41.7 Å². The summed E-state index contributed by atoms with van der Waals surface area (Å²) in [7, 11) is 5.08. The van der Waals surface area contributed by atoms with Crippen LogP contribution in [0.5, 0.6) is 17.2 Å². The van der Waals surface area contributed by atoms with Crippen LogP contribution in [-0.4, -0.2) is 27.9 Å². The molecule has 0 heterocycles. The van der Waals surface area contributed by atoms with Gasteiger partial charge < -0.3 is 19.5 Å². The summed E-state index contributed by atoms with van der Waals surface area (Å²) in [5.74, 6) is 2.24. The summed E-state index contributed by atoms with van der Waals surface area (Å²) >= 11 is 0. The van der Waals surface area contributed by atoms with E-state index >= 15 is 0 Å². The van der Waals surface area contributed by atoms with E-state index < -0.39 is 0 Å². The molecule has 0 fully saturated rings. The molecule has 4 rings (SSSR count). The van der Waals surface area contributed by atoms with Crippen molar-refractivity contribution in [3.8, 4) is 28.4 Å². The van der Waals surface area contributed by atoms with Crippen LogP contribution in [0.1, 0.15) is 23.1 Å². The van der Waals surface area contributed by atoms with E-state index in [1.165, 1.54) is 27.8 Å². The average Bonchev–Trinajstić information content (AvgIpc) is 3.15. The fraction of sp³-hybridized carbons (Fsp3) is 0.280. The number of rotatable bonds is 8. The molecule has 29 heavy (non-hydrogen) atoms. The molecule has 0 saturated carbocycles. The van der Waals surface area contributed by atoms with E-state index in [1.54, 1.807) is 21.3 Å². The van der Waals surface area contributed by atoms with Gasteiger partial charge in [0.15, 0.2) is 11.5 Å². The molecule has 4 nitrogen and oxygen atoms in total. The summed E-state index contributed by atoms with van der Waals surface area (Å²) < 4.78 is 17.3. The standard InChI is InChI=1S/C25H27NO3/c1-27-23-20(14-9-15-26-18-11-5-4-6-12-18)22-19-13-8-7-10-17(19)16-21(22)24(28-2)25(23)29-3/h4-8,10-13,26H,9,14-16H2,1-3H3. The van der Waals surface area contributed by atoms with Gasteiger partial charge in [0, 0.05) is 29.8 Å². The highest BCUT2D eigenvalue weighted by molar-refractivity contribution is 5.86. The summed E-state index contributed by atoms with van der Waals surface area (Å²) in [5.41, 5.74) is 7.36. The fourth-order valence-electron chi connectivity index (χ4n) is 4.30. The topological polar surface area (TPSA) is 39.7 Å². The molecular weight excluding hydrogens is 362 g/mol. The highest BCUT2D eigenvalue weighted by atomic mass is 16.5. The highest BCUT2D eigenvalue weighted by Crippen LogP contribution is 2.53. The zero-order valence-corrected chi connectivity index (χ0v) is 17.2. The molecule has 3 aromatic carbocycles. The van der Waals surface area contributed by atoms with Crippen LogP contribution in [0, 0.1) is 0 Å². The van der Waals surface area contributed by atoms with Crippen molar-refractivity contribution in [2.45, 2.75) is 19.3 Å². The van der Waals surface area contributed by atoms with Crippen LogP contribution in [0.15, 0.2) is 54.6 Å². The SMILES string of the molecule is COc1c(CCCNc2ccccc2)c2c(c(OC)c1OC)Cc1ccccc1-2.